The Morgan fingerprint density at radius 3 is 2.09 bits per heavy atom. The summed E-state index contributed by atoms with van der Waals surface area (Å²) in [7, 11) is 0. The Hall–Kier alpha value is -0.250. The Labute approximate surface area is 82.5 Å². The van der Waals surface area contributed by atoms with E-state index in [-0.39, 0.29) is 0 Å². The van der Waals surface area contributed by atoms with E-state index in [1.54, 1.807) is 0 Å². The van der Waals surface area contributed by atoms with Gasteiger partial charge in [-0.1, -0.05) is 32.0 Å². The van der Waals surface area contributed by atoms with Gasteiger partial charge in [0.05, 0.1) is 0 Å². The van der Waals surface area contributed by atoms with Gasteiger partial charge in [0.2, 0.25) is 0 Å². The molecule has 1 aromatic carbocycles. The summed E-state index contributed by atoms with van der Waals surface area (Å²) in [5.74, 6) is 0.943. The highest BCUT2D eigenvalue weighted by atomic mass is 127. The van der Waals surface area contributed by atoms with Gasteiger partial charge in [-0.2, -0.15) is 0 Å². The summed E-state index contributed by atoms with van der Waals surface area (Å²) in [6.45, 7) is 6.02. The zero-order valence-corrected chi connectivity index (χ0v) is 9.25. The van der Waals surface area contributed by atoms with E-state index in [1.807, 2.05) is 68.0 Å². The molecule has 0 N–H and O–H groups in total. The van der Waals surface area contributed by atoms with Crippen LogP contribution in [0.25, 0.3) is 0 Å². The third-order valence-corrected chi connectivity index (χ3v) is 1.65. The molecule has 1 rings (SSSR count). The van der Waals surface area contributed by atoms with E-state index in [0.717, 1.165) is 5.75 Å². The number of para-hydroxylation sites is 1. The molecular formula is C9H13IO. The van der Waals surface area contributed by atoms with Crippen molar-refractivity contribution in [3.8, 4) is 5.75 Å². The number of hydrogen-bond donors (Lipinski definition) is 0. The molecule has 0 aromatic heterocycles. The third-order valence-electron chi connectivity index (χ3n) is 1.18. The van der Waals surface area contributed by atoms with E-state index in [2.05, 4.69) is 0 Å². The molecule has 0 aliphatic rings. The van der Waals surface area contributed by atoms with Crippen LogP contribution in [0, 0.1) is 6.92 Å². The molecule has 62 valence electrons. The van der Waals surface area contributed by atoms with Crippen molar-refractivity contribution < 1.29 is 3.07 Å². The maximum Gasteiger partial charge on any atom is 0.192 e. The van der Waals surface area contributed by atoms with E-state index in [0.29, 0.717) is 0 Å². The van der Waals surface area contributed by atoms with Crippen molar-refractivity contribution >= 4 is 23.0 Å². The SMILES string of the molecule is CC.Cc1ccccc1OI. The molecule has 0 atom stereocenters. The molecule has 2 heteroatoms. The first kappa shape index (κ1) is 10.8. The van der Waals surface area contributed by atoms with Crippen LogP contribution < -0.4 is 3.07 Å². The molecule has 0 saturated heterocycles. The monoisotopic (exact) mass is 264 g/mol. The van der Waals surface area contributed by atoms with Crippen molar-refractivity contribution in [2.24, 2.45) is 0 Å². The largest absolute Gasteiger partial charge is 0.427 e. The molecule has 1 aromatic rings. The van der Waals surface area contributed by atoms with Gasteiger partial charge >= 0.3 is 0 Å². The molecule has 0 aliphatic carbocycles. The van der Waals surface area contributed by atoms with Gasteiger partial charge in [-0.3, -0.25) is 0 Å². The van der Waals surface area contributed by atoms with Crippen LogP contribution in [0.1, 0.15) is 19.4 Å². The summed E-state index contributed by atoms with van der Waals surface area (Å²) in [6.07, 6.45) is 0. The molecule has 0 radical (unpaired) electrons. The van der Waals surface area contributed by atoms with Crippen LogP contribution in [-0.4, -0.2) is 0 Å². The Morgan fingerprint density at radius 1 is 1.18 bits per heavy atom. The van der Waals surface area contributed by atoms with Crippen LogP contribution in [0.4, 0.5) is 0 Å². The van der Waals surface area contributed by atoms with Gasteiger partial charge in [0.15, 0.2) is 23.0 Å². The standard InChI is InChI=1S/C7H7IO.C2H6/c1-6-4-2-3-5-7(6)9-8;1-2/h2-5H,1H3;1-2H3. The lowest BCUT2D eigenvalue weighted by molar-refractivity contribution is 0.709. The fourth-order valence-corrected chi connectivity index (χ4v) is 1.14. The molecule has 1 nitrogen and oxygen atoms in total. The molecule has 11 heavy (non-hydrogen) atoms. The Balaban J connectivity index is 0.000000461. The maximum absolute atomic E-state index is 5.01. The minimum Gasteiger partial charge on any atom is -0.427 e. The zero-order chi connectivity index (χ0) is 8.69. The van der Waals surface area contributed by atoms with Crippen molar-refractivity contribution in [3.63, 3.8) is 0 Å². The summed E-state index contributed by atoms with van der Waals surface area (Å²) in [4.78, 5) is 0. The third kappa shape index (κ3) is 3.60. The highest BCUT2D eigenvalue weighted by molar-refractivity contribution is 14.1. The minimum absolute atomic E-state index is 0.943. The summed E-state index contributed by atoms with van der Waals surface area (Å²) in [5, 5.41) is 0. The summed E-state index contributed by atoms with van der Waals surface area (Å²) in [5.41, 5.74) is 1.17. The van der Waals surface area contributed by atoms with Crippen molar-refractivity contribution in [2.45, 2.75) is 20.8 Å². The average Bonchev–Trinajstić information content (AvgIpc) is 2.09. The van der Waals surface area contributed by atoms with Gasteiger partial charge in [0, 0.05) is 0 Å². The average molecular weight is 264 g/mol. The van der Waals surface area contributed by atoms with Gasteiger partial charge in [-0.05, 0) is 18.6 Å². The van der Waals surface area contributed by atoms with Crippen LogP contribution in [-0.2, 0) is 0 Å². The smallest absolute Gasteiger partial charge is 0.192 e. The van der Waals surface area contributed by atoms with Crippen molar-refractivity contribution in [1.29, 1.82) is 0 Å². The van der Waals surface area contributed by atoms with Gasteiger partial charge in [0.25, 0.3) is 0 Å². The van der Waals surface area contributed by atoms with Crippen molar-refractivity contribution in [1.82, 2.24) is 0 Å². The maximum atomic E-state index is 5.01. The number of benzene rings is 1. The van der Waals surface area contributed by atoms with Gasteiger partial charge in [-0.15, -0.1) is 0 Å². The van der Waals surface area contributed by atoms with Crippen LogP contribution in [0.2, 0.25) is 0 Å². The van der Waals surface area contributed by atoms with Crippen LogP contribution in [0.3, 0.4) is 0 Å². The number of hydrogen-bond acceptors (Lipinski definition) is 1. The highest BCUT2D eigenvalue weighted by Gasteiger charge is 1.92. The first-order valence-electron chi connectivity index (χ1n) is 3.69. The van der Waals surface area contributed by atoms with E-state index in [4.69, 9.17) is 3.07 Å². The van der Waals surface area contributed by atoms with Crippen LogP contribution in [0.5, 0.6) is 5.75 Å². The summed E-state index contributed by atoms with van der Waals surface area (Å²) in [6, 6.07) is 7.92. The summed E-state index contributed by atoms with van der Waals surface area (Å²) >= 11 is 1.88. The van der Waals surface area contributed by atoms with Gasteiger partial charge in [-0.25, -0.2) is 0 Å². The normalized spacial score (nSPS) is 8.00. The fourth-order valence-electron chi connectivity index (χ4n) is 0.643. The number of halogens is 1. The molecule has 0 amide bonds. The highest BCUT2D eigenvalue weighted by Crippen LogP contribution is 2.17. The van der Waals surface area contributed by atoms with E-state index < -0.39 is 0 Å². The summed E-state index contributed by atoms with van der Waals surface area (Å²) < 4.78 is 5.01. The molecule has 0 heterocycles. The van der Waals surface area contributed by atoms with E-state index >= 15 is 0 Å². The lowest BCUT2D eigenvalue weighted by Crippen LogP contribution is -1.77. The quantitative estimate of drug-likeness (QED) is 0.702. The first-order valence-corrected chi connectivity index (χ1v) is 4.57. The molecule has 0 fully saturated rings. The number of rotatable bonds is 1. The van der Waals surface area contributed by atoms with Crippen molar-refractivity contribution in [2.75, 3.05) is 0 Å². The second kappa shape index (κ2) is 6.46. The Morgan fingerprint density at radius 2 is 1.73 bits per heavy atom. The lowest BCUT2D eigenvalue weighted by Gasteiger charge is -1.98. The first-order chi connectivity index (χ1) is 5.34. The second-order valence-corrected chi connectivity index (χ2v) is 2.28. The Kier molecular flexibility index (Phi) is 6.31. The fraction of sp³-hybridized carbons (Fsp3) is 0.333. The number of aryl methyl sites for hydroxylation is 1. The second-order valence-electron chi connectivity index (χ2n) is 1.84. The minimum atomic E-state index is 0.943. The van der Waals surface area contributed by atoms with E-state index in [9.17, 15) is 0 Å². The molecule has 0 spiro atoms. The zero-order valence-electron chi connectivity index (χ0n) is 7.10. The Bertz CT molecular complexity index is 199. The molecule has 0 saturated carbocycles. The van der Waals surface area contributed by atoms with Gasteiger partial charge < -0.3 is 3.07 Å². The van der Waals surface area contributed by atoms with Crippen LogP contribution >= 0.6 is 23.0 Å². The predicted octanol–water partition coefficient (Wildman–Crippen LogP) is 3.75. The van der Waals surface area contributed by atoms with Crippen molar-refractivity contribution in [3.05, 3.63) is 29.8 Å². The molecule has 0 unspecified atom stereocenters. The molecule has 0 aliphatic heterocycles. The lowest BCUT2D eigenvalue weighted by atomic mass is 10.2. The molecular weight excluding hydrogens is 251 g/mol. The van der Waals surface area contributed by atoms with Gasteiger partial charge in [0.1, 0.15) is 5.75 Å². The van der Waals surface area contributed by atoms with E-state index in [1.165, 1.54) is 5.56 Å². The van der Waals surface area contributed by atoms with Crippen LogP contribution in [0.15, 0.2) is 24.3 Å². The molecule has 0 bridgehead atoms. The predicted molar refractivity (Wildman–Crippen MR) is 57.2 cm³/mol. The topological polar surface area (TPSA) is 9.23 Å².